The average Bonchev–Trinajstić information content (AvgIpc) is 2.66. The highest BCUT2D eigenvalue weighted by Gasteiger charge is 2.39. The highest BCUT2D eigenvalue weighted by molar-refractivity contribution is 6.34. The molecule has 0 radical (unpaired) electrons. The first kappa shape index (κ1) is 21.6. The quantitative estimate of drug-likeness (QED) is 0.531. The lowest BCUT2D eigenvalue weighted by atomic mass is 9.90. The Hall–Kier alpha value is -2.09. The van der Waals surface area contributed by atoms with Crippen LogP contribution >= 0.6 is 11.6 Å². The molecule has 1 heterocycles. The van der Waals surface area contributed by atoms with Gasteiger partial charge in [-0.25, -0.2) is 0 Å². The van der Waals surface area contributed by atoms with Gasteiger partial charge in [-0.1, -0.05) is 48.0 Å². The van der Waals surface area contributed by atoms with Gasteiger partial charge in [-0.2, -0.15) is 13.2 Å². The largest absolute Gasteiger partial charge is 0.633 e. The molecule has 1 aliphatic rings. The van der Waals surface area contributed by atoms with E-state index in [4.69, 9.17) is 11.6 Å². The minimum Gasteiger partial charge on any atom is -0.633 e. The van der Waals surface area contributed by atoms with Crippen LogP contribution in [0.15, 0.2) is 48.5 Å². The number of alkyl halides is 3. The van der Waals surface area contributed by atoms with Crippen LogP contribution in [0.1, 0.15) is 46.8 Å². The lowest BCUT2D eigenvalue weighted by Gasteiger charge is -2.51. The van der Waals surface area contributed by atoms with E-state index in [0.29, 0.717) is 13.0 Å². The number of nitrogens with zero attached hydrogens (tertiary/aromatic N) is 1. The number of rotatable bonds is 4. The van der Waals surface area contributed by atoms with Gasteiger partial charge in [0.05, 0.1) is 29.7 Å². The summed E-state index contributed by atoms with van der Waals surface area (Å²) in [5.41, 5.74) is -0.598. The number of amides is 1. The zero-order valence-corrected chi connectivity index (χ0v) is 16.6. The van der Waals surface area contributed by atoms with E-state index < -0.39 is 39.4 Å². The molecule has 0 saturated carbocycles. The molecule has 0 aromatic heterocycles. The van der Waals surface area contributed by atoms with Gasteiger partial charge < -0.3 is 15.2 Å². The molecule has 0 spiro atoms. The molecule has 3 unspecified atom stereocenters. The van der Waals surface area contributed by atoms with Crippen molar-refractivity contribution in [3.63, 3.8) is 0 Å². The third-order valence-corrected chi connectivity index (χ3v) is 5.84. The number of likely N-dealkylation sites (tertiary alicyclic amines) is 1. The summed E-state index contributed by atoms with van der Waals surface area (Å²) in [4.78, 5) is 12.9. The lowest BCUT2D eigenvalue weighted by molar-refractivity contribution is -0.894. The van der Waals surface area contributed by atoms with Gasteiger partial charge in [0.2, 0.25) is 0 Å². The fourth-order valence-corrected chi connectivity index (χ4v) is 4.23. The maximum atomic E-state index is 13.2. The fraction of sp³-hybridized carbons (Fsp3) is 0.381. The van der Waals surface area contributed by atoms with Crippen LogP contribution in [0.2, 0.25) is 5.02 Å². The van der Waals surface area contributed by atoms with Crippen LogP contribution in [0, 0.1) is 5.21 Å². The zero-order valence-electron chi connectivity index (χ0n) is 15.9. The summed E-state index contributed by atoms with van der Waals surface area (Å²) in [6.45, 7) is 0.425. The Kier molecular flexibility index (Phi) is 6.22. The van der Waals surface area contributed by atoms with Crippen molar-refractivity contribution in [3.8, 4) is 0 Å². The van der Waals surface area contributed by atoms with Crippen LogP contribution in [0.25, 0.3) is 0 Å². The molecule has 1 aliphatic heterocycles. The molecule has 1 N–H and O–H groups in total. The third-order valence-electron chi connectivity index (χ3n) is 5.43. The van der Waals surface area contributed by atoms with E-state index in [1.165, 1.54) is 6.07 Å². The summed E-state index contributed by atoms with van der Waals surface area (Å²) >= 11 is 5.91. The molecular weight excluding hydrogens is 405 g/mol. The number of likely N-dealkylation sites (N-methyl/N-ethyl adjacent to an activating group) is 1. The number of hydrogen-bond acceptors (Lipinski definition) is 2. The predicted octanol–water partition coefficient (Wildman–Crippen LogP) is 5.33. The highest BCUT2D eigenvalue weighted by Crippen LogP contribution is 2.37. The van der Waals surface area contributed by atoms with E-state index in [1.54, 1.807) is 31.3 Å². The second-order valence-corrected chi connectivity index (χ2v) is 7.87. The van der Waals surface area contributed by atoms with Crippen molar-refractivity contribution in [1.29, 1.82) is 0 Å². The van der Waals surface area contributed by atoms with Crippen molar-refractivity contribution in [2.24, 2.45) is 0 Å². The monoisotopic (exact) mass is 426 g/mol. The number of carbonyl (C=O) groups is 1. The molecule has 0 aliphatic carbocycles. The number of benzene rings is 2. The van der Waals surface area contributed by atoms with Crippen molar-refractivity contribution in [3.05, 3.63) is 75.5 Å². The number of hydrogen-bond donors (Lipinski definition) is 1. The van der Waals surface area contributed by atoms with Crippen molar-refractivity contribution < 1.29 is 22.6 Å². The average molecular weight is 427 g/mol. The Balaban J connectivity index is 1.96. The summed E-state index contributed by atoms with van der Waals surface area (Å²) in [7, 11) is 1.57. The number of nitrogens with one attached hydrogen (secondary N) is 1. The maximum Gasteiger partial charge on any atom is 0.417 e. The van der Waals surface area contributed by atoms with E-state index in [-0.39, 0.29) is 5.56 Å². The Morgan fingerprint density at radius 3 is 2.48 bits per heavy atom. The molecule has 1 amide bonds. The first-order valence-corrected chi connectivity index (χ1v) is 9.77. The number of halogens is 4. The van der Waals surface area contributed by atoms with Crippen LogP contribution in [0.5, 0.6) is 0 Å². The van der Waals surface area contributed by atoms with Gasteiger partial charge in [0, 0.05) is 6.42 Å². The molecule has 0 bridgehead atoms. The molecule has 1 saturated heterocycles. The molecule has 29 heavy (non-hydrogen) atoms. The van der Waals surface area contributed by atoms with Crippen LogP contribution in [0.3, 0.4) is 0 Å². The summed E-state index contributed by atoms with van der Waals surface area (Å²) in [5.74, 6) is -0.736. The highest BCUT2D eigenvalue weighted by atomic mass is 35.5. The van der Waals surface area contributed by atoms with Crippen molar-refractivity contribution in [2.75, 3.05) is 13.6 Å². The van der Waals surface area contributed by atoms with Gasteiger partial charge in [0.25, 0.3) is 5.91 Å². The molecule has 1 fully saturated rings. The van der Waals surface area contributed by atoms with E-state index in [0.717, 1.165) is 30.5 Å². The molecule has 3 rings (SSSR count). The second-order valence-electron chi connectivity index (χ2n) is 7.49. The van der Waals surface area contributed by atoms with Gasteiger partial charge in [-0.3, -0.25) is 4.79 Å². The summed E-state index contributed by atoms with van der Waals surface area (Å²) in [6, 6.07) is 11.2. The Morgan fingerprint density at radius 1 is 1.17 bits per heavy atom. The third kappa shape index (κ3) is 4.74. The molecule has 156 valence electrons. The smallest absolute Gasteiger partial charge is 0.417 e. The Labute approximate surface area is 172 Å². The van der Waals surface area contributed by atoms with Crippen molar-refractivity contribution in [2.45, 2.75) is 37.5 Å². The number of quaternary nitrogens is 1. The van der Waals surface area contributed by atoms with Gasteiger partial charge in [-0.15, -0.1) is 0 Å². The summed E-state index contributed by atoms with van der Waals surface area (Å²) in [5, 5.41) is 15.2. The van der Waals surface area contributed by atoms with Crippen LogP contribution in [-0.2, 0) is 6.18 Å². The minimum absolute atomic E-state index is 0.265. The SMILES string of the molecule is C[N+]1([O-])CCCCC1C(NC(=O)c1cccc(C(F)(F)F)c1Cl)c1ccccc1. The fourth-order valence-electron chi connectivity index (χ4n) is 3.91. The summed E-state index contributed by atoms with van der Waals surface area (Å²) < 4.78 is 38.9. The van der Waals surface area contributed by atoms with Gasteiger partial charge in [-0.05, 0) is 30.5 Å². The Morgan fingerprint density at radius 2 is 1.86 bits per heavy atom. The first-order valence-electron chi connectivity index (χ1n) is 9.39. The van der Waals surface area contributed by atoms with Crippen LogP contribution < -0.4 is 5.32 Å². The van der Waals surface area contributed by atoms with E-state index in [1.807, 2.05) is 6.07 Å². The number of piperidine rings is 1. The maximum absolute atomic E-state index is 13.2. The molecule has 8 heteroatoms. The van der Waals surface area contributed by atoms with E-state index >= 15 is 0 Å². The van der Waals surface area contributed by atoms with Gasteiger partial charge in [0.1, 0.15) is 12.1 Å². The molecule has 2 aromatic rings. The predicted molar refractivity (Wildman–Crippen MR) is 105 cm³/mol. The zero-order chi connectivity index (χ0) is 21.2. The van der Waals surface area contributed by atoms with Crippen molar-refractivity contribution >= 4 is 17.5 Å². The van der Waals surface area contributed by atoms with E-state index in [2.05, 4.69) is 5.32 Å². The standard InChI is InChI=1S/C21H22ClF3N2O2/c1-27(29)13-6-5-12-17(27)19(14-8-3-2-4-9-14)26-20(28)15-10-7-11-16(18(15)22)21(23,24)25/h2-4,7-11,17,19H,5-6,12-13H2,1H3,(H,26,28). The van der Waals surface area contributed by atoms with Crippen LogP contribution in [-0.4, -0.2) is 30.2 Å². The molecule has 4 nitrogen and oxygen atoms in total. The van der Waals surface area contributed by atoms with E-state index in [9.17, 15) is 23.2 Å². The first-order chi connectivity index (χ1) is 13.6. The van der Waals surface area contributed by atoms with Crippen molar-refractivity contribution in [1.82, 2.24) is 5.32 Å². The van der Waals surface area contributed by atoms with Crippen LogP contribution in [0.4, 0.5) is 13.2 Å². The summed E-state index contributed by atoms with van der Waals surface area (Å²) in [6.07, 6.45) is -2.41. The minimum atomic E-state index is -4.67. The molecular formula is C21H22ClF3N2O2. The van der Waals surface area contributed by atoms with Gasteiger partial charge in [0.15, 0.2) is 0 Å². The number of hydroxylamine groups is 3. The number of carbonyl (C=O) groups excluding carboxylic acids is 1. The lowest BCUT2D eigenvalue weighted by Crippen LogP contribution is -2.56. The molecule has 2 aromatic carbocycles. The molecule has 3 atom stereocenters. The normalized spacial score (nSPS) is 23.4. The second kappa shape index (κ2) is 8.34. The topological polar surface area (TPSA) is 52.2 Å². The Bertz CT molecular complexity index is 872. The van der Waals surface area contributed by atoms with Gasteiger partial charge >= 0.3 is 6.18 Å².